The Morgan fingerprint density at radius 1 is 0.429 bits per heavy atom. The van der Waals surface area contributed by atoms with Crippen LogP contribution in [0, 0.1) is 0 Å². The second-order valence-corrected chi connectivity index (χ2v) is 10.6. The van der Waals surface area contributed by atoms with Crippen LogP contribution >= 0.6 is 19.7 Å². The van der Waals surface area contributed by atoms with Gasteiger partial charge in [0.15, 0.2) is 0 Å². The Balaban J connectivity index is 0.00000140. The van der Waals surface area contributed by atoms with E-state index in [0.717, 1.165) is 6.16 Å². The Bertz CT molecular complexity index is 848. The molecule has 0 saturated carbocycles. The Labute approximate surface area is 187 Å². The molecule has 0 aromatic heterocycles. The summed E-state index contributed by atoms with van der Waals surface area (Å²) in [5.74, 6) is 0. The summed E-state index contributed by atoms with van der Waals surface area (Å²) in [5, 5.41) is 4.38. The predicted molar refractivity (Wildman–Crippen MR) is 124 cm³/mol. The zero-order valence-electron chi connectivity index (χ0n) is 15.5. The Morgan fingerprint density at radius 3 is 1.04 bits per heavy atom. The fourth-order valence-corrected chi connectivity index (χ4v) is 8.62. The molecular weight excluding hydrogens is 470 g/mol. The van der Waals surface area contributed by atoms with Gasteiger partial charge in [0.2, 0.25) is 0 Å². The Morgan fingerprint density at radius 2 is 0.714 bits per heavy atom. The van der Waals surface area contributed by atoms with Gasteiger partial charge in [-0.1, -0.05) is 0 Å². The van der Waals surface area contributed by atoms with Crippen molar-refractivity contribution in [1.82, 2.24) is 0 Å². The molecule has 0 aliphatic heterocycles. The molecule has 4 rings (SSSR count). The van der Waals surface area contributed by atoms with Gasteiger partial charge >= 0.3 is 156 Å². The zero-order valence-corrected chi connectivity index (χ0v) is 19.0. The molecule has 0 nitrogen and oxygen atoms in total. The molecule has 0 atom stereocenters. The molecule has 0 spiro atoms. The van der Waals surface area contributed by atoms with Crippen molar-refractivity contribution in [2.75, 3.05) is 0 Å². The molecule has 0 fully saturated rings. The van der Waals surface area contributed by atoms with Crippen LogP contribution in [0.1, 0.15) is 5.56 Å². The summed E-state index contributed by atoms with van der Waals surface area (Å²) in [6, 6.07) is 44.2. The van der Waals surface area contributed by atoms with Crippen LogP contribution in [-0.2, 0) is 25.6 Å². The van der Waals surface area contributed by atoms with E-state index < -0.39 is 7.26 Å². The van der Waals surface area contributed by atoms with Crippen molar-refractivity contribution in [3.63, 3.8) is 0 Å². The first kappa shape index (κ1) is 22.5. The molecule has 145 valence electrons. The first-order valence-corrected chi connectivity index (χ1v) is 11.3. The van der Waals surface area contributed by atoms with E-state index in [-0.39, 0.29) is 31.9 Å². The second kappa shape index (κ2) is 10.7. The maximum absolute atomic E-state index is 2.31. The fourth-order valence-electron chi connectivity index (χ4n) is 3.88. The molecule has 1 radical (unpaired) electrons. The first-order valence-electron chi connectivity index (χ1n) is 9.10. The summed E-state index contributed by atoms with van der Waals surface area (Å²) in [5.41, 5.74) is 1.40. The molecular formula is C25H24ClPRh. The third kappa shape index (κ3) is 4.61. The van der Waals surface area contributed by atoms with Crippen LogP contribution in [-0.4, -0.2) is 0 Å². The SMILES string of the molecule is Cl.[Rh].c1ccc(C[PH](c2ccccc2)(c2ccccc2)c2ccccc2)cc1. The predicted octanol–water partition coefficient (Wildman–Crippen LogP) is 5.33. The van der Waals surface area contributed by atoms with E-state index >= 15 is 0 Å². The van der Waals surface area contributed by atoms with Gasteiger partial charge in [0.25, 0.3) is 0 Å². The van der Waals surface area contributed by atoms with Crippen molar-refractivity contribution in [1.29, 1.82) is 0 Å². The van der Waals surface area contributed by atoms with Gasteiger partial charge in [0.1, 0.15) is 0 Å². The minimum atomic E-state index is -2.16. The minimum absolute atomic E-state index is 0. The van der Waals surface area contributed by atoms with Gasteiger partial charge in [-0.3, -0.25) is 0 Å². The summed E-state index contributed by atoms with van der Waals surface area (Å²) >= 11 is 0. The fraction of sp³-hybridized carbons (Fsp3) is 0.0400. The molecule has 4 aromatic carbocycles. The molecule has 28 heavy (non-hydrogen) atoms. The number of benzene rings is 4. The Hall–Kier alpha value is -1.78. The monoisotopic (exact) mass is 493 g/mol. The molecule has 0 N–H and O–H groups in total. The van der Waals surface area contributed by atoms with Crippen LogP contribution in [0.25, 0.3) is 0 Å². The standard InChI is InChI=1S/C25H23P.ClH.Rh/c1-5-13-22(14-6-1)21-26(23-15-7-2-8-16-23,24-17-9-3-10-18-24)25-19-11-4-12-20-25;;/h1-20,26H,21H2;1H;. The van der Waals surface area contributed by atoms with E-state index in [2.05, 4.69) is 121 Å². The third-order valence-electron chi connectivity index (χ3n) is 5.11. The van der Waals surface area contributed by atoms with Gasteiger partial charge in [0.05, 0.1) is 0 Å². The topological polar surface area (TPSA) is 0 Å². The van der Waals surface area contributed by atoms with Crippen molar-refractivity contribution < 1.29 is 19.5 Å². The quantitative estimate of drug-likeness (QED) is 0.260. The van der Waals surface area contributed by atoms with E-state index in [9.17, 15) is 0 Å². The summed E-state index contributed by atoms with van der Waals surface area (Å²) in [4.78, 5) is 0. The van der Waals surface area contributed by atoms with E-state index in [1.807, 2.05) is 0 Å². The molecule has 0 saturated heterocycles. The van der Waals surface area contributed by atoms with E-state index in [4.69, 9.17) is 0 Å². The first-order chi connectivity index (χ1) is 12.9. The Kier molecular flexibility index (Phi) is 8.59. The third-order valence-corrected chi connectivity index (χ3v) is 10.0. The molecule has 0 amide bonds. The van der Waals surface area contributed by atoms with Crippen LogP contribution in [0.3, 0.4) is 0 Å². The van der Waals surface area contributed by atoms with Crippen LogP contribution in [0.4, 0.5) is 0 Å². The average molecular weight is 494 g/mol. The van der Waals surface area contributed by atoms with Crippen LogP contribution in [0.2, 0.25) is 0 Å². The second-order valence-electron chi connectivity index (χ2n) is 6.67. The van der Waals surface area contributed by atoms with Gasteiger partial charge < -0.3 is 0 Å². The molecule has 0 aliphatic rings. The molecule has 0 unspecified atom stereocenters. The summed E-state index contributed by atoms with van der Waals surface area (Å²) in [6.45, 7) is 0. The maximum atomic E-state index is 2.31. The molecule has 3 heteroatoms. The normalized spacial score (nSPS) is 11.0. The van der Waals surface area contributed by atoms with Gasteiger partial charge in [-0.2, -0.15) is 0 Å². The molecule has 0 aliphatic carbocycles. The van der Waals surface area contributed by atoms with Crippen molar-refractivity contribution in [3.05, 3.63) is 127 Å². The number of hydrogen-bond acceptors (Lipinski definition) is 0. The van der Waals surface area contributed by atoms with Gasteiger partial charge in [-0.15, -0.1) is 12.4 Å². The molecule has 0 bridgehead atoms. The van der Waals surface area contributed by atoms with Gasteiger partial charge in [-0.25, -0.2) is 0 Å². The number of rotatable bonds is 5. The van der Waals surface area contributed by atoms with Gasteiger partial charge in [-0.05, 0) is 0 Å². The number of halogens is 1. The van der Waals surface area contributed by atoms with Crippen molar-refractivity contribution >= 4 is 35.6 Å². The zero-order chi connectivity index (χ0) is 17.7. The molecule has 4 aromatic rings. The van der Waals surface area contributed by atoms with Crippen molar-refractivity contribution in [3.8, 4) is 0 Å². The van der Waals surface area contributed by atoms with E-state index in [0.29, 0.717) is 0 Å². The summed E-state index contributed by atoms with van der Waals surface area (Å²) in [6.07, 6.45) is 1.06. The van der Waals surface area contributed by atoms with Crippen molar-refractivity contribution in [2.24, 2.45) is 0 Å². The molecule has 0 heterocycles. The number of hydrogen-bond donors (Lipinski definition) is 0. The van der Waals surface area contributed by atoms with E-state index in [1.54, 1.807) is 0 Å². The summed E-state index contributed by atoms with van der Waals surface area (Å²) in [7, 11) is -2.16. The van der Waals surface area contributed by atoms with Gasteiger partial charge in [0, 0.05) is 19.5 Å². The van der Waals surface area contributed by atoms with Crippen LogP contribution in [0.5, 0.6) is 0 Å². The average Bonchev–Trinajstić information content (AvgIpc) is 2.75. The van der Waals surface area contributed by atoms with Crippen LogP contribution < -0.4 is 15.9 Å². The summed E-state index contributed by atoms with van der Waals surface area (Å²) < 4.78 is 0. The van der Waals surface area contributed by atoms with Crippen molar-refractivity contribution in [2.45, 2.75) is 6.16 Å². The van der Waals surface area contributed by atoms with Crippen LogP contribution in [0.15, 0.2) is 121 Å². The van der Waals surface area contributed by atoms with E-state index in [1.165, 1.54) is 21.5 Å².